The van der Waals surface area contributed by atoms with Gasteiger partial charge in [-0.1, -0.05) is 239 Å². The van der Waals surface area contributed by atoms with Gasteiger partial charge in [0.2, 0.25) is 0 Å². The van der Waals surface area contributed by atoms with Crippen LogP contribution in [0.15, 0.2) is 261 Å². The molecule has 12 aromatic carbocycles. The van der Waals surface area contributed by atoms with Gasteiger partial charge in [-0.3, -0.25) is 0 Å². The van der Waals surface area contributed by atoms with E-state index in [9.17, 15) is 5.26 Å². The van der Waals surface area contributed by atoms with E-state index in [2.05, 4.69) is 280 Å². The summed E-state index contributed by atoms with van der Waals surface area (Å²) in [5.41, 5.74) is 19.0. The molecule has 13 rings (SSSR count). The van der Waals surface area contributed by atoms with Crippen molar-refractivity contribution in [2.45, 2.75) is 31.6 Å². The van der Waals surface area contributed by atoms with Crippen molar-refractivity contribution in [3.8, 4) is 39.4 Å². The maximum Gasteiger partial charge on any atom is 0.0991 e. The van der Waals surface area contributed by atoms with Gasteiger partial charge in [0.1, 0.15) is 0 Å². The quantitative estimate of drug-likeness (QED) is 0.106. The number of hydrogen-bond acceptors (Lipinski definition) is 2. The van der Waals surface area contributed by atoms with Crippen LogP contribution in [0.2, 0.25) is 0 Å². The molecule has 1 aliphatic carbocycles. The Kier molecular flexibility index (Phi) is 11.4. The molecule has 2 heteroatoms. The molecular formula is C74H54N2. The Morgan fingerprint density at radius 1 is 0.382 bits per heavy atom. The minimum absolute atomic E-state index is 0.0193. The van der Waals surface area contributed by atoms with Gasteiger partial charge in [0.25, 0.3) is 0 Å². The summed E-state index contributed by atoms with van der Waals surface area (Å²) in [5.74, 6) is 0. The van der Waals surface area contributed by atoms with Crippen molar-refractivity contribution >= 4 is 61.5 Å². The minimum Gasteiger partial charge on any atom is -0.310 e. The summed E-state index contributed by atoms with van der Waals surface area (Å²) in [6.45, 7) is 6.92. The van der Waals surface area contributed by atoms with E-state index >= 15 is 0 Å². The first-order valence-corrected chi connectivity index (χ1v) is 26.3. The summed E-state index contributed by atoms with van der Waals surface area (Å²) in [6, 6.07) is 97.3. The van der Waals surface area contributed by atoms with Gasteiger partial charge in [0, 0.05) is 17.1 Å². The smallest absolute Gasteiger partial charge is 0.0991 e. The van der Waals surface area contributed by atoms with E-state index in [-0.39, 0.29) is 5.41 Å². The molecule has 360 valence electrons. The van der Waals surface area contributed by atoms with E-state index in [1.807, 2.05) is 24.3 Å². The summed E-state index contributed by atoms with van der Waals surface area (Å²) >= 11 is 0. The number of para-hydroxylation sites is 1. The van der Waals surface area contributed by atoms with Crippen molar-refractivity contribution in [2.75, 3.05) is 4.90 Å². The molecule has 12 aromatic rings. The molecule has 0 aromatic heterocycles. The second kappa shape index (κ2) is 18.7. The molecule has 0 aliphatic heterocycles. The van der Waals surface area contributed by atoms with Crippen molar-refractivity contribution < 1.29 is 0 Å². The Balaban J connectivity index is 0.907. The van der Waals surface area contributed by atoms with Crippen molar-refractivity contribution in [1.29, 1.82) is 5.26 Å². The first-order chi connectivity index (χ1) is 37.3. The predicted molar refractivity (Wildman–Crippen MR) is 321 cm³/mol. The third kappa shape index (κ3) is 7.71. The van der Waals surface area contributed by atoms with Gasteiger partial charge in [0.15, 0.2) is 0 Å². The fourth-order valence-corrected chi connectivity index (χ4v) is 12.3. The molecule has 0 saturated carbocycles. The molecular weight excluding hydrogens is 917 g/mol. The van der Waals surface area contributed by atoms with Crippen molar-refractivity contribution in [1.82, 2.24) is 0 Å². The number of nitriles is 1. The Labute approximate surface area is 445 Å². The number of fused-ring (bicyclic) bond motifs is 6. The molecule has 0 saturated heterocycles. The standard InChI is InChI=1S/C74H54N2/c1-73(2,3)68-46-45-67(59-25-13-14-26-60(59)68)72-65-29-17-15-27-63(65)71(64-28-16-18-30-66(64)72)53-38-33-50(34-39-53)31-32-51-37-43-61-62-44-42-58(76(56-23-11-6-12-24-56)57-40-35-52(49-75)36-41-57)48-70(62)74(69(61)47-51,54-19-7-4-8-20-54)55-21-9-5-10-22-55/h4-48H,1-3H3. The fraction of sp³-hybridized carbons (Fsp3) is 0.0676. The number of nitrogens with zero attached hydrogens (tertiary/aromatic N) is 2. The summed E-state index contributed by atoms with van der Waals surface area (Å²) in [4.78, 5) is 2.29. The lowest BCUT2D eigenvalue weighted by molar-refractivity contribution is 0.596. The maximum atomic E-state index is 9.69. The fourth-order valence-electron chi connectivity index (χ4n) is 12.3. The van der Waals surface area contributed by atoms with Crippen LogP contribution in [0.25, 0.3) is 77.9 Å². The van der Waals surface area contributed by atoms with Crippen LogP contribution < -0.4 is 4.90 Å². The molecule has 0 radical (unpaired) electrons. The molecule has 2 nitrogen and oxygen atoms in total. The SMILES string of the molecule is CC(C)(C)c1ccc(-c2c3ccccc3c(-c3ccc(C=Cc4ccc5c(c4)C(c4ccccc4)(c4ccccc4)c4cc(N(c6ccccc6)c6ccc(C#N)cc6)ccc4-5)cc3)c3ccccc23)c2ccccc12. The Bertz CT molecular complexity index is 4140. The summed E-state index contributed by atoms with van der Waals surface area (Å²) < 4.78 is 0. The van der Waals surface area contributed by atoms with Crippen molar-refractivity contribution in [2.24, 2.45) is 0 Å². The number of rotatable bonds is 9. The molecule has 0 bridgehead atoms. The summed E-state index contributed by atoms with van der Waals surface area (Å²) in [7, 11) is 0. The monoisotopic (exact) mass is 970 g/mol. The summed E-state index contributed by atoms with van der Waals surface area (Å²) in [5, 5.41) is 17.3. The summed E-state index contributed by atoms with van der Waals surface area (Å²) in [6.07, 6.45) is 4.51. The molecule has 0 heterocycles. The predicted octanol–water partition coefficient (Wildman–Crippen LogP) is 19.7. The van der Waals surface area contributed by atoms with Crippen molar-refractivity contribution in [3.05, 3.63) is 305 Å². The molecule has 0 amide bonds. The van der Waals surface area contributed by atoms with Gasteiger partial charge < -0.3 is 4.90 Å². The zero-order chi connectivity index (χ0) is 51.4. The first-order valence-electron chi connectivity index (χ1n) is 26.3. The van der Waals surface area contributed by atoms with Gasteiger partial charge in [-0.2, -0.15) is 5.26 Å². The Morgan fingerprint density at radius 3 is 1.41 bits per heavy atom. The first kappa shape index (κ1) is 46.3. The molecule has 0 N–H and O–H groups in total. The molecule has 0 unspecified atom stereocenters. The topological polar surface area (TPSA) is 27.0 Å². The third-order valence-corrected chi connectivity index (χ3v) is 15.7. The van der Waals surface area contributed by atoms with Crippen LogP contribution in [-0.4, -0.2) is 0 Å². The lowest BCUT2D eigenvalue weighted by atomic mass is 9.67. The van der Waals surface area contributed by atoms with Gasteiger partial charge >= 0.3 is 0 Å². The largest absolute Gasteiger partial charge is 0.310 e. The van der Waals surface area contributed by atoms with Crippen LogP contribution in [-0.2, 0) is 10.8 Å². The van der Waals surface area contributed by atoms with Gasteiger partial charge in [-0.25, -0.2) is 0 Å². The third-order valence-electron chi connectivity index (χ3n) is 15.7. The van der Waals surface area contributed by atoms with Gasteiger partial charge in [0.05, 0.1) is 17.0 Å². The van der Waals surface area contributed by atoms with Gasteiger partial charge in [-0.15, -0.1) is 0 Å². The average Bonchev–Trinajstić information content (AvgIpc) is 3.90. The number of benzene rings is 12. The van der Waals surface area contributed by atoms with E-state index in [1.54, 1.807) is 0 Å². The second-order valence-corrected chi connectivity index (χ2v) is 21.1. The van der Waals surface area contributed by atoms with E-state index < -0.39 is 5.41 Å². The van der Waals surface area contributed by atoms with Crippen LogP contribution in [0, 0.1) is 11.3 Å². The molecule has 1 aliphatic rings. The zero-order valence-electron chi connectivity index (χ0n) is 42.9. The molecule has 0 atom stereocenters. The number of anilines is 3. The normalized spacial score (nSPS) is 12.7. The van der Waals surface area contributed by atoms with Gasteiger partial charge in [-0.05, 0) is 165 Å². The number of hydrogen-bond donors (Lipinski definition) is 0. The van der Waals surface area contributed by atoms with Crippen LogP contribution in [0.5, 0.6) is 0 Å². The zero-order valence-corrected chi connectivity index (χ0v) is 42.9. The Morgan fingerprint density at radius 2 is 0.829 bits per heavy atom. The van der Waals surface area contributed by atoms with Crippen LogP contribution in [0.3, 0.4) is 0 Å². The molecule has 0 fully saturated rings. The minimum atomic E-state index is -0.619. The van der Waals surface area contributed by atoms with Crippen molar-refractivity contribution in [3.63, 3.8) is 0 Å². The average molecular weight is 971 g/mol. The van der Waals surface area contributed by atoms with E-state index in [0.717, 1.165) is 28.2 Å². The van der Waals surface area contributed by atoms with Crippen LogP contribution in [0.4, 0.5) is 17.1 Å². The Hall–Kier alpha value is -9.55. The highest BCUT2D eigenvalue weighted by Gasteiger charge is 2.46. The molecule has 0 spiro atoms. The highest BCUT2D eigenvalue weighted by Crippen LogP contribution is 2.58. The maximum absolute atomic E-state index is 9.69. The lowest BCUT2D eigenvalue weighted by Gasteiger charge is -2.35. The van der Waals surface area contributed by atoms with Crippen LogP contribution in [0.1, 0.15) is 65.3 Å². The highest BCUT2D eigenvalue weighted by molar-refractivity contribution is 6.23. The second-order valence-electron chi connectivity index (χ2n) is 21.1. The van der Waals surface area contributed by atoms with Crippen LogP contribution >= 0.6 is 0 Å². The van der Waals surface area contributed by atoms with E-state index in [4.69, 9.17) is 0 Å². The lowest BCUT2D eigenvalue weighted by Crippen LogP contribution is -2.28. The van der Waals surface area contributed by atoms with E-state index in [1.165, 1.54) is 93.5 Å². The highest BCUT2D eigenvalue weighted by atomic mass is 15.1. The van der Waals surface area contributed by atoms with E-state index in [0.29, 0.717) is 5.56 Å². The molecule has 76 heavy (non-hydrogen) atoms.